The Morgan fingerprint density at radius 1 is 1.27 bits per heavy atom. The SMILES string of the molecule is [CH2-]N(C)Cc1ccc(C)cc1. The second-order valence-electron chi connectivity index (χ2n) is 3.00. The molecule has 1 rings (SSSR count). The summed E-state index contributed by atoms with van der Waals surface area (Å²) in [5.41, 5.74) is 2.62. The van der Waals surface area contributed by atoms with Gasteiger partial charge < -0.3 is 4.90 Å². The topological polar surface area (TPSA) is 3.24 Å². The molecule has 1 aromatic carbocycles. The van der Waals surface area contributed by atoms with Crippen LogP contribution in [0.25, 0.3) is 0 Å². The van der Waals surface area contributed by atoms with Gasteiger partial charge in [-0.15, -0.1) is 0 Å². The monoisotopic (exact) mass is 148 g/mol. The highest BCUT2D eigenvalue weighted by Crippen LogP contribution is 2.04. The molecule has 0 radical (unpaired) electrons. The molecule has 1 aromatic rings. The van der Waals surface area contributed by atoms with E-state index in [0.717, 1.165) is 6.54 Å². The van der Waals surface area contributed by atoms with Crippen LogP contribution in [-0.4, -0.2) is 11.9 Å². The van der Waals surface area contributed by atoms with Gasteiger partial charge in [-0.05, 0) is 26.1 Å². The van der Waals surface area contributed by atoms with E-state index < -0.39 is 0 Å². The van der Waals surface area contributed by atoms with Crippen LogP contribution in [0.4, 0.5) is 0 Å². The molecule has 0 saturated heterocycles. The normalized spacial score (nSPS) is 10.5. The van der Waals surface area contributed by atoms with Crippen molar-refractivity contribution in [1.82, 2.24) is 4.90 Å². The average Bonchev–Trinajstić information content (AvgIpc) is 1.93. The molecule has 0 N–H and O–H groups in total. The molecule has 1 nitrogen and oxygen atoms in total. The second kappa shape index (κ2) is 3.54. The first-order chi connectivity index (χ1) is 5.18. The number of benzene rings is 1. The zero-order valence-electron chi connectivity index (χ0n) is 7.17. The Morgan fingerprint density at radius 3 is 2.27 bits per heavy atom. The van der Waals surface area contributed by atoms with Gasteiger partial charge >= 0.3 is 0 Å². The molecule has 0 atom stereocenters. The van der Waals surface area contributed by atoms with Gasteiger partial charge in [-0.3, -0.25) is 7.05 Å². The minimum Gasteiger partial charge on any atom is -0.458 e. The van der Waals surface area contributed by atoms with Crippen LogP contribution in [0.15, 0.2) is 24.3 Å². The lowest BCUT2D eigenvalue weighted by atomic mass is 10.1. The van der Waals surface area contributed by atoms with Crippen molar-refractivity contribution < 1.29 is 0 Å². The van der Waals surface area contributed by atoms with Crippen LogP contribution in [0.3, 0.4) is 0 Å². The molecule has 0 aliphatic carbocycles. The van der Waals surface area contributed by atoms with E-state index in [4.69, 9.17) is 0 Å². The molecule has 0 spiro atoms. The Balaban J connectivity index is 2.66. The number of nitrogens with zero attached hydrogens (tertiary/aromatic N) is 1. The summed E-state index contributed by atoms with van der Waals surface area (Å²) in [6.07, 6.45) is 0. The zero-order chi connectivity index (χ0) is 8.27. The number of rotatable bonds is 2. The van der Waals surface area contributed by atoms with Crippen molar-refractivity contribution >= 4 is 0 Å². The summed E-state index contributed by atoms with van der Waals surface area (Å²) in [5.74, 6) is 0. The van der Waals surface area contributed by atoms with Gasteiger partial charge in [-0.1, -0.05) is 29.8 Å². The first kappa shape index (κ1) is 8.28. The third-order valence-electron chi connectivity index (χ3n) is 1.57. The van der Waals surface area contributed by atoms with Gasteiger partial charge in [-0.2, -0.15) is 0 Å². The van der Waals surface area contributed by atoms with Gasteiger partial charge in [0.25, 0.3) is 0 Å². The van der Waals surface area contributed by atoms with Crippen molar-refractivity contribution in [3.63, 3.8) is 0 Å². The quantitative estimate of drug-likeness (QED) is 0.581. The highest BCUT2D eigenvalue weighted by molar-refractivity contribution is 5.21. The summed E-state index contributed by atoms with van der Waals surface area (Å²) in [6, 6.07) is 8.52. The van der Waals surface area contributed by atoms with Gasteiger partial charge in [0.1, 0.15) is 0 Å². The van der Waals surface area contributed by atoms with E-state index in [1.54, 1.807) is 0 Å². The maximum absolute atomic E-state index is 3.79. The zero-order valence-corrected chi connectivity index (χ0v) is 7.17. The highest BCUT2D eigenvalue weighted by atomic mass is 15.0. The number of hydrogen-bond donors (Lipinski definition) is 0. The fraction of sp³-hybridized carbons (Fsp3) is 0.300. The molecule has 0 saturated carbocycles. The van der Waals surface area contributed by atoms with Gasteiger partial charge in [0.05, 0.1) is 0 Å². The minimum absolute atomic E-state index is 0.917. The lowest BCUT2D eigenvalue weighted by Gasteiger charge is -2.17. The van der Waals surface area contributed by atoms with Crippen LogP contribution in [-0.2, 0) is 6.54 Å². The molecule has 1 heteroatoms. The Kier molecular flexibility index (Phi) is 2.66. The van der Waals surface area contributed by atoms with Crippen LogP contribution in [0.1, 0.15) is 11.1 Å². The van der Waals surface area contributed by atoms with Crippen molar-refractivity contribution in [2.45, 2.75) is 13.5 Å². The molecule has 0 aliphatic heterocycles. The second-order valence-corrected chi connectivity index (χ2v) is 3.00. The van der Waals surface area contributed by atoms with Gasteiger partial charge in [0.15, 0.2) is 0 Å². The van der Waals surface area contributed by atoms with E-state index in [1.165, 1.54) is 11.1 Å². The minimum atomic E-state index is 0.917. The van der Waals surface area contributed by atoms with Crippen LogP contribution in [0, 0.1) is 14.0 Å². The molecule has 0 fully saturated rings. The number of hydrogen-bond acceptors (Lipinski definition) is 1. The fourth-order valence-electron chi connectivity index (χ4n) is 1.01. The third-order valence-corrected chi connectivity index (χ3v) is 1.57. The fourth-order valence-corrected chi connectivity index (χ4v) is 1.01. The largest absolute Gasteiger partial charge is 0.458 e. The molecule has 0 amide bonds. The van der Waals surface area contributed by atoms with Crippen molar-refractivity contribution in [2.75, 3.05) is 7.05 Å². The third kappa shape index (κ3) is 2.72. The van der Waals surface area contributed by atoms with Gasteiger partial charge in [0.2, 0.25) is 0 Å². The Hall–Kier alpha value is -0.820. The first-order valence-electron chi connectivity index (χ1n) is 3.75. The van der Waals surface area contributed by atoms with Crippen LogP contribution in [0.2, 0.25) is 0 Å². The molecule has 0 aliphatic rings. The smallest absolute Gasteiger partial charge is 0.00469 e. The maximum atomic E-state index is 3.79. The van der Waals surface area contributed by atoms with E-state index in [2.05, 4.69) is 38.2 Å². The van der Waals surface area contributed by atoms with E-state index in [0.29, 0.717) is 0 Å². The molecule has 0 unspecified atom stereocenters. The van der Waals surface area contributed by atoms with E-state index in [9.17, 15) is 0 Å². The molecule has 60 valence electrons. The predicted octanol–water partition coefficient (Wildman–Crippen LogP) is 2.22. The lowest BCUT2D eigenvalue weighted by Crippen LogP contribution is -2.07. The molecule has 0 bridgehead atoms. The summed E-state index contributed by atoms with van der Waals surface area (Å²) < 4.78 is 0. The molecule has 11 heavy (non-hydrogen) atoms. The average molecular weight is 148 g/mol. The van der Waals surface area contributed by atoms with Crippen LogP contribution < -0.4 is 0 Å². The summed E-state index contributed by atoms with van der Waals surface area (Å²) in [5, 5.41) is 0. The van der Waals surface area contributed by atoms with Crippen molar-refractivity contribution in [3.05, 3.63) is 42.4 Å². The highest BCUT2D eigenvalue weighted by Gasteiger charge is 1.89. The van der Waals surface area contributed by atoms with E-state index in [1.807, 2.05) is 11.9 Å². The van der Waals surface area contributed by atoms with E-state index >= 15 is 0 Å². The Labute approximate surface area is 68.7 Å². The first-order valence-corrected chi connectivity index (χ1v) is 3.75. The summed E-state index contributed by atoms with van der Waals surface area (Å²) in [4.78, 5) is 1.92. The summed E-state index contributed by atoms with van der Waals surface area (Å²) in [7, 11) is 5.76. The van der Waals surface area contributed by atoms with Crippen molar-refractivity contribution in [2.24, 2.45) is 0 Å². The molecular formula is C10H14N-. The summed E-state index contributed by atoms with van der Waals surface area (Å²) >= 11 is 0. The van der Waals surface area contributed by atoms with Gasteiger partial charge in [-0.25, -0.2) is 0 Å². The standard InChI is InChI=1S/C10H14N/c1-9-4-6-10(7-5-9)8-11(2)3/h4-7H,2,8H2,1,3H3/q-1. The molecular weight excluding hydrogens is 134 g/mol. The Morgan fingerprint density at radius 2 is 1.82 bits per heavy atom. The Bertz CT molecular complexity index is 211. The predicted molar refractivity (Wildman–Crippen MR) is 48.0 cm³/mol. The van der Waals surface area contributed by atoms with Crippen LogP contribution >= 0.6 is 0 Å². The van der Waals surface area contributed by atoms with Gasteiger partial charge in [0, 0.05) is 0 Å². The number of aryl methyl sites for hydroxylation is 1. The summed E-state index contributed by atoms with van der Waals surface area (Å²) in [6.45, 7) is 3.01. The molecule has 0 aromatic heterocycles. The van der Waals surface area contributed by atoms with E-state index in [-0.39, 0.29) is 0 Å². The van der Waals surface area contributed by atoms with Crippen molar-refractivity contribution in [1.29, 1.82) is 0 Å². The van der Waals surface area contributed by atoms with Crippen molar-refractivity contribution in [3.8, 4) is 0 Å². The molecule has 0 heterocycles. The maximum Gasteiger partial charge on any atom is -0.00469 e. The van der Waals surface area contributed by atoms with Crippen LogP contribution in [0.5, 0.6) is 0 Å². The lowest BCUT2D eigenvalue weighted by molar-refractivity contribution is 0.445.